The second-order valence-corrected chi connectivity index (χ2v) is 7.26. The summed E-state index contributed by atoms with van der Waals surface area (Å²) in [5.41, 5.74) is 1.45. The molecule has 118 valence electrons. The van der Waals surface area contributed by atoms with Crippen LogP contribution in [0.25, 0.3) is 0 Å². The van der Waals surface area contributed by atoms with E-state index in [4.69, 9.17) is 4.74 Å². The van der Waals surface area contributed by atoms with Crippen molar-refractivity contribution in [3.63, 3.8) is 0 Å². The van der Waals surface area contributed by atoms with Crippen molar-refractivity contribution in [2.24, 2.45) is 5.92 Å². The van der Waals surface area contributed by atoms with Crippen molar-refractivity contribution < 1.29 is 14.3 Å². The van der Waals surface area contributed by atoms with Crippen LogP contribution in [0.3, 0.4) is 0 Å². The summed E-state index contributed by atoms with van der Waals surface area (Å²) in [6.45, 7) is 9.96. The van der Waals surface area contributed by atoms with Crippen LogP contribution in [0.5, 0.6) is 0 Å². The van der Waals surface area contributed by atoms with Gasteiger partial charge in [-0.25, -0.2) is 4.79 Å². The molecular formula is C15H22BrNO3S. The fourth-order valence-electron chi connectivity index (χ4n) is 2.00. The summed E-state index contributed by atoms with van der Waals surface area (Å²) in [5.74, 6) is -0.341. The Bertz CT molecular complexity index is 525. The molecule has 0 aliphatic carbocycles. The van der Waals surface area contributed by atoms with Crippen LogP contribution in [0.2, 0.25) is 0 Å². The zero-order valence-electron chi connectivity index (χ0n) is 13.1. The number of rotatable bonds is 6. The molecule has 0 fully saturated rings. The Balaban J connectivity index is 3.12. The maximum absolute atomic E-state index is 12.2. The summed E-state index contributed by atoms with van der Waals surface area (Å²) in [6, 6.07) is 0. The monoisotopic (exact) mass is 375 g/mol. The first kappa shape index (κ1) is 18.2. The van der Waals surface area contributed by atoms with E-state index in [0.717, 1.165) is 16.9 Å². The summed E-state index contributed by atoms with van der Waals surface area (Å²) in [5, 5.41) is 3.44. The first-order valence-electron chi connectivity index (χ1n) is 7.07. The van der Waals surface area contributed by atoms with Gasteiger partial charge in [-0.15, -0.1) is 11.3 Å². The number of aryl methyl sites for hydroxylation is 1. The second-order valence-electron chi connectivity index (χ2n) is 5.05. The smallest absolute Gasteiger partial charge is 0.341 e. The molecule has 0 spiro atoms. The van der Waals surface area contributed by atoms with E-state index in [1.54, 1.807) is 6.92 Å². The highest BCUT2D eigenvalue weighted by Gasteiger charge is 2.26. The van der Waals surface area contributed by atoms with Crippen molar-refractivity contribution in [2.75, 3.05) is 11.9 Å². The molecule has 0 saturated heterocycles. The van der Waals surface area contributed by atoms with Crippen molar-refractivity contribution >= 4 is 44.1 Å². The Morgan fingerprint density at radius 1 is 1.33 bits per heavy atom. The standard InChI is InChI=1S/C15H22BrNO3S/c1-6-10-9(5)21-14(11(10)15(19)20-7-2)17-13(18)12(16)8(3)4/h8,12H,6-7H2,1-5H3,(H,17,18). The zero-order chi connectivity index (χ0) is 16.2. The lowest BCUT2D eigenvalue weighted by molar-refractivity contribution is -0.116. The number of carbonyl (C=O) groups is 2. The largest absolute Gasteiger partial charge is 0.462 e. The van der Waals surface area contributed by atoms with E-state index in [1.807, 2.05) is 27.7 Å². The van der Waals surface area contributed by atoms with Gasteiger partial charge in [-0.3, -0.25) is 4.79 Å². The molecule has 1 unspecified atom stereocenters. The summed E-state index contributed by atoms with van der Waals surface area (Å²) in [4.78, 5) is 25.1. The van der Waals surface area contributed by atoms with Gasteiger partial charge in [0.2, 0.25) is 5.91 Å². The molecule has 0 aromatic carbocycles. The van der Waals surface area contributed by atoms with E-state index in [0.29, 0.717) is 17.2 Å². The fraction of sp³-hybridized carbons (Fsp3) is 0.600. The van der Waals surface area contributed by atoms with Gasteiger partial charge in [0.05, 0.1) is 17.0 Å². The van der Waals surface area contributed by atoms with Gasteiger partial charge in [-0.1, -0.05) is 36.7 Å². The Morgan fingerprint density at radius 2 is 1.95 bits per heavy atom. The van der Waals surface area contributed by atoms with Crippen molar-refractivity contribution in [2.45, 2.75) is 45.9 Å². The molecule has 1 atom stereocenters. The molecule has 1 amide bonds. The number of carbonyl (C=O) groups excluding carboxylic acids is 2. The van der Waals surface area contributed by atoms with E-state index in [1.165, 1.54) is 11.3 Å². The number of thiophene rings is 1. The van der Waals surface area contributed by atoms with Gasteiger partial charge in [-0.2, -0.15) is 0 Å². The Kier molecular flexibility index (Phi) is 6.87. The number of esters is 1. The van der Waals surface area contributed by atoms with Crippen molar-refractivity contribution in [3.8, 4) is 0 Å². The SMILES string of the molecule is CCOC(=O)c1c(NC(=O)C(Br)C(C)C)sc(C)c1CC. The molecule has 0 saturated carbocycles. The fourth-order valence-corrected chi connectivity index (χ4v) is 3.25. The molecule has 1 rings (SSSR count). The molecule has 21 heavy (non-hydrogen) atoms. The van der Waals surface area contributed by atoms with Crippen molar-refractivity contribution in [1.82, 2.24) is 0 Å². The van der Waals surface area contributed by atoms with Crippen LogP contribution >= 0.6 is 27.3 Å². The Morgan fingerprint density at radius 3 is 2.43 bits per heavy atom. The Hall–Kier alpha value is -0.880. The van der Waals surface area contributed by atoms with Crippen LogP contribution < -0.4 is 5.32 Å². The van der Waals surface area contributed by atoms with Gasteiger partial charge in [0, 0.05) is 4.88 Å². The molecule has 1 heterocycles. The summed E-state index contributed by atoms with van der Waals surface area (Å²) < 4.78 is 5.12. The first-order chi connectivity index (χ1) is 9.83. The third-order valence-corrected chi connectivity index (χ3v) is 5.65. The van der Waals surface area contributed by atoms with Gasteiger partial charge < -0.3 is 10.1 Å². The number of halogens is 1. The number of anilines is 1. The van der Waals surface area contributed by atoms with E-state index >= 15 is 0 Å². The van der Waals surface area contributed by atoms with Crippen LogP contribution in [-0.2, 0) is 16.0 Å². The quantitative estimate of drug-likeness (QED) is 0.599. The normalized spacial score (nSPS) is 12.3. The Labute approximate surface area is 138 Å². The molecule has 1 aromatic rings. The van der Waals surface area contributed by atoms with Crippen LogP contribution in [-0.4, -0.2) is 23.3 Å². The van der Waals surface area contributed by atoms with Gasteiger partial charge >= 0.3 is 5.97 Å². The molecule has 6 heteroatoms. The third kappa shape index (κ3) is 4.30. The molecule has 0 aliphatic heterocycles. The lowest BCUT2D eigenvalue weighted by Crippen LogP contribution is -2.27. The minimum Gasteiger partial charge on any atom is -0.462 e. The molecule has 1 aromatic heterocycles. The maximum atomic E-state index is 12.2. The number of hydrogen-bond acceptors (Lipinski definition) is 4. The predicted molar refractivity (Wildman–Crippen MR) is 90.6 cm³/mol. The summed E-state index contributed by atoms with van der Waals surface area (Å²) in [7, 11) is 0. The van der Waals surface area contributed by atoms with Gasteiger partial charge in [0.1, 0.15) is 5.00 Å². The molecular weight excluding hydrogens is 354 g/mol. The van der Waals surface area contributed by atoms with Crippen LogP contribution in [0.1, 0.15) is 48.5 Å². The van der Waals surface area contributed by atoms with E-state index in [9.17, 15) is 9.59 Å². The third-order valence-electron chi connectivity index (χ3n) is 3.11. The molecule has 0 radical (unpaired) electrons. The topological polar surface area (TPSA) is 55.4 Å². The zero-order valence-corrected chi connectivity index (χ0v) is 15.5. The highest BCUT2D eigenvalue weighted by atomic mass is 79.9. The lowest BCUT2D eigenvalue weighted by Gasteiger charge is -2.14. The number of ether oxygens (including phenoxy) is 1. The van der Waals surface area contributed by atoms with Crippen molar-refractivity contribution in [3.05, 3.63) is 16.0 Å². The maximum Gasteiger partial charge on any atom is 0.341 e. The number of alkyl halides is 1. The summed E-state index contributed by atoms with van der Waals surface area (Å²) >= 11 is 4.80. The number of amides is 1. The second kappa shape index (κ2) is 7.94. The van der Waals surface area contributed by atoms with Gasteiger partial charge in [0.25, 0.3) is 0 Å². The average Bonchev–Trinajstić information content (AvgIpc) is 2.73. The van der Waals surface area contributed by atoms with Gasteiger partial charge in [-0.05, 0) is 31.7 Å². The van der Waals surface area contributed by atoms with E-state index < -0.39 is 0 Å². The number of hydrogen-bond donors (Lipinski definition) is 1. The average molecular weight is 376 g/mol. The number of nitrogens with one attached hydrogen (secondary N) is 1. The predicted octanol–water partition coefficient (Wildman–Crippen LogP) is 4.15. The highest BCUT2D eigenvalue weighted by Crippen LogP contribution is 2.34. The first-order valence-corrected chi connectivity index (χ1v) is 8.80. The molecule has 1 N–H and O–H groups in total. The highest BCUT2D eigenvalue weighted by molar-refractivity contribution is 9.10. The van der Waals surface area contributed by atoms with E-state index in [-0.39, 0.29) is 22.6 Å². The van der Waals surface area contributed by atoms with Crippen LogP contribution in [0, 0.1) is 12.8 Å². The van der Waals surface area contributed by atoms with E-state index in [2.05, 4.69) is 21.2 Å². The summed E-state index contributed by atoms with van der Waals surface area (Å²) in [6.07, 6.45) is 0.730. The molecule has 4 nitrogen and oxygen atoms in total. The molecule has 0 bridgehead atoms. The minimum atomic E-state index is -0.371. The van der Waals surface area contributed by atoms with Gasteiger partial charge in [0.15, 0.2) is 0 Å². The van der Waals surface area contributed by atoms with Crippen LogP contribution in [0.15, 0.2) is 0 Å². The minimum absolute atomic E-state index is 0.139. The van der Waals surface area contributed by atoms with Crippen molar-refractivity contribution in [1.29, 1.82) is 0 Å². The molecule has 0 aliphatic rings. The lowest BCUT2D eigenvalue weighted by atomic mass is 10.1. The van der Waals surface area contributed by atoms with Crippen LogP contribution in [0.4, 0.5) is 5.00 Å².